The molecule has 3 aliphatic rings. The van der Waals surface area contributed by atoms with Crippen molar-refractivity contribution in [3.63, 3.8) is 0 Å². The molecule has 166 valence electrons. The fraction of sp³-hybridized carbons (Fsp3) is 0.652. The van der Waals surface area contributed by atoms with Crippen LogP contribution in [0.3, 0.4) is 0 Å². The van der Waals surface area contributed by atoms with Crippen LogP contribution in [0.25, 0.3) is 5.65 Å². The highest BCUT2D eigenvalue weighted by molar-refractivity contribution is 5.82. The van der Waals surface area contributed by atoms with Crippen molar-refractivity contribution in [3.05, 3.63) is 33.4 Å². The van der Waals surface area contributed by atoms with Crippen molar-refractivity contribution in [2.24, 2.45) is 11.3 Å². The fourth-order valence-electron chi connectivity index (χ4n) is 4.88. The topological polar surface area (TPSA) is 90.8 Å². The number of nitrogens with zero attached hydrogens (tertiary/aromatic N) is 4. The maximum atomic E-state index is 13.2. The molecule has 4 heterocycles. The molecule has 2 aliphatic heterocycles. The molecule has 0 aromatic carbocycles. The molecule has 1 saturated heterocycles. The van der Waals surface area contributed by atoms with Gasteiger partial charge in [0.05, 0.1) is 17.8 Å². The summed E-state index contributed by atoms with van der Waals surface area (Å²) in [6.45, 7) is 8.28. The number of nitrogens with one attached hydrogen (secondary N) is 1. The van der Waals surface area contributed by atoms with Crippen molar-refractivity contribution >= 4 is 17.5 Å². The average Bonchev–Trinajstić information content (AvgIpc) is 3.51. The number of aromatic nitrogens is 3. The van der Waals surface area contributed by atoms with Crippen LogP contribution in [-0.2, 0) is 22.6 Å². The zero-order chi connectivity index (χ0) is 21.9. The molecule has 1 saturated carbocycles. The second-order valence-electron chi connectivity index (χ2n) is 10.4. The molecule has 2 aromatic rings. The Morgan fingerprint density at radius 2 is 1.90 bits per heavy atom. The molecule has 5 rings (SSSR count). The molecule has 1 N–H and O–H groups in total. The highest BCUT2D eigenvalue weighted by Gasteiger charge is 2.36. The van der Waals surface area contributed by atoms with Crippen molar-refractivity contribution < 1.29 is 9.59 Å². The van der Waals surface area contributed by atoms with Gasteiger partial charge in [0.25, 0.3) is 5.56 Å². The number of hydrogen-bond donors (Lipinski definition) is 1. The van der Waals surface area contributed by atoms with Gasteiger partial charge in [0.2, 0.25) is 11.8 Å². The first-order chi connectivity index (χ1) is 14.7. The summed E-state index contributed by atoms with van der Waals surface area (Å²) in [4.78, 5) is 47.0. The summed E-state index contributed by atoms with van der Waals surface area (Å²) in [7, 11) is 0. The Labute approximate surface area is 181 Å². The molecule has 2 amide bonds. The number of carbonyl (C=O) groups is 2. The predicted octanol–water partition coefficient (Wildman–Crippen LogP) is 2.07. The van der Waals surface area contributed by atoms with Gasteiger partial charge in [-0.05, 0) is 25.7 Å². The van der Waals surface area contributed by atoms with Crippen LogP contribution in [0.15, 0.2) is 10.9 Å². The van der Waals surface area contributed by atoms with Gasteiger partial charge in [0.1, 0.15) is 0 Å². The van der Waals surface area contributed by atoms with E-state index in [0.29, 0.717) is 37.3 Å². The summed E-state index contributed by atoms with van der Waals surface area (Å²) in [6, 6.07) is 1.96. The van der Waals surface area contributed by atoms with E-state index in [0.717, 1.165) is 43.6 Å². The first-order valence-corrected chi connectivity index (χ1v) is 11.4. The van der Waals surface area contributed by atoms with Crippen LogP contribution in [-0.4, -0.2) is 55.8 Å². The van der Waals surface area contributed by atoms with Crippen LogP contribution in [0.2, 0.25) is 0 Å². The van der Waals surface area contributed by atoms with Gasteiger partial charge < -0.3 is 9.80 Å². The number of carbonyl (C=O) groups excluding carboxylic acids is 2. The summed E-state index contributed by atoms with van der Waals surface area (Å²) < 4.78 is 1.52. The van der Waals surface area contributed by atoms with E-state index in [1.165, 1.54) is 4.52 Å². The van der Waals surface area contributed by atoms with E-state index < -0.39 is 5.41 Å². The standard InChI is InChI=1S/C23H31N5O3/c1-23(2,3)22(31)27-9-4-5-15(12-27)18-11-19-24-17-8-10-26(20(29)14-6-7-14)13-16(17)21(30)28(19)25-18/h11,14-15,25H,4-10,12-13H2,1-3H3/t15-/m0/s1. The lowest BCUT2D eigenvalue weighted by molar-refractivity contribution is -0.140. The van der Waals surface area contributed by atoms with Crippen molar-refractivity contribution in [2.75, 3.05) is 19.6 Å². The summed E-state index contributed by atoms with van der Waals surface area (Å²) in [5.41, 5.74) is 2.49. The van der Waals surface area contributed by atoms with Gasteiger partial charge in [0, 0.05) is 55.1 Å². The number of amides is 2. The number of H-pyrrole nitrogens is 1. The van der Waals surface area contributed by atoms with Crippen LogP contribution in [0.1, 0.15) is 69.3 Å². The zero-order valence-corrected chi connectivity index (χ0v) is 18.6. The first-order valence-electron chi connectivity index (χ1n) is 11.4. The zero-order valence-electron chi connectivity index (χ0n) is 18.6. The van der Waals surface area contributed by atoms with Gasteiger partial charge in [-0.25, -0.2) is 9.50 Å². The minimum atomic E-state index is -0.399. The van der Waals surface area contributed by atoms with E-state index in [-0.39, 0.29) is 29.2 Å². The monoisotopic (exact) mass is 425 g/mol. The third-order valence-corrected chi connectivity index (χ3v) is 6.81. The Morgan fingerprint density at radius 3 is 2.61 bits per heavy atom. The highest BCUT2D eigenvalue weighted by atomic mass is 16.2. The average molecular weight is 426 g/mol. The van der Waals surface area contributed by atoms with Crippen LogP contribution in [0, 0.1) is 11.3 Å². The van der Waals surface area contributed by atoms with Gasteiger partial charge in [-0.1, -0.05) is 20.8 Å². The minimum Gasteiger partial charge on any atom is -0.342 e. The van der Waals surface area contributed by atoms with Crippen LogP contribution in [0.4, 0.5) is 0 Å². The lowest BCUT2D eigenvalue weighted by Crippen LogP contribution is -2.44. The van der Waals surface area contributed by atoms with Crippen molar-refractivity contribution in [3.8, 4) is 0 Å². The third kappa shape index (κ3) is 3.66. The number of likely N-dealkylation sites (tertiary alicyclic amines) is 1. The largest absolute Gasteiger partial charge is 0.342 e. The number of aromatic amines is 1. The number of hydrogen-bond acceptors (Lipinski definition) is 4. The van der Waals surface area contributed by atoms with Gasteiger partial charge in [-0.2, -0.15) is 0 Å². The Kier molecular flexibility index (Phi) is 4.71. The molecule has 8 heteroatoms. The molecule has 1 aliphatic carbocycles. The van der Waals surface area contributed by atoms with Crippen LogP contribution < -0.4 is 5.56 Å². The molecule has 0 bridgehead atoms. The van der Waals surface area contributed by atoms with Crippen molar-refractivity contribution in [1.82, 2.24) is 24.4 Å². The maximum absolute atomic E-state index is 13.2. The molecule has 2 aromatic heterocycles. The molecule has 0 spiro atoms. The molecule has 8 nitrogen and oxygen atoms in total. The summed E-state index contributed by atoms with van der Waals surface area (Å²) in [5.74, 6) is 0.655. The Balaban J connectivity index is 1.42. The lowest BCUT2D eigenvalue weighted by Gasteiger charge is -2.36. The van der Waals surface area contributed by atoms with E-state index in [1.54, 1.807) is 0 Å². The van der Waals surface area contributed by atoms with E-state index in [2.05, 4.69) is 5.10 Å². The molecule has 31 heavy (non-hydrogen) atoms. The SMILES string of the molecule is CC(C)(C)C(=O)N1CCC[C@H](c2cc3nc4c(c(=O)n3[nH]2)CN(C(=O)C2CC2)CC4)C1. The fourth-order valence-corrected chi connectivity index (χ4v) is 4.88. The second-order valence-corrected chi connectivity index (χ2v) is 10.4. The molecule has 2 fully saturated rings. The maximum Gasteiger partial charge on any atom is 0.277 e. The summed E-state index contributed by atoms with van der Waals surface area (Å²) in [5, 5.41) is 3.26. The predicted molar refractivity (Wildman–Crippen MR) is 116 cm³/mol. The number of fused-ring (bicyclic) bond motifs is 2. The summed E-state index contributed by atoms with van der Waals surface area (Å²) >= 11 is 0. The molecule has 0 unspecified atom stereocenters. The molecular weight excluding hydrogens is 394 g/mol. The lowest BCUT2D eigenvalue weighted by atomic mass is 9.90. The highest BCUT2D eigenvalue weighted by Crippen LogP contribution is 2.33. The first kappa shape index (κ1) is 20.3. The van der Waals surface area contributed by atoms with E-state index in [9.17, 15) is 14.4 Å². The van der Waals surface area contributed by atoms with Gasteiger partial charge in [-0.15, -0.1) is 0 Å². The number of rotatable bonds is 2. The molecule has 1 atom stereocenters. The van der Waals surface area contributed by atoms with E-state index in [4.69, 9.17) is 4.98 Å². The van der Waals surface area contributed by atoms with Crippen LogP contribution >= 0.6 is 0 Å². The van der Waals surface area contributed by atoms with E-state index >= 15 is 0 Å². The number of piperidine rings is 1. The summed E-state index contributed by atoms with van der Waals surface area (Å²) in [6.07, 6.45) is 4.47. The van der Waals surface area contributed by atoms with Gasteiger partial charge >= 0.3 is 0 Å². The smallest absolute Gasteiger partial charge is 0.277 e. The minimum absolute atomic E-state index is 0.113. The Morgan fingerprint density at radius 1 is 1.13 bits per heavy atom. The molecular formula is C23H31N5O3. The normalized spacial score (nSPS) is 22.0. The molecule has 0 radical (unpaired) electrons. The second kappa shape index (κ2) is 7.21. The quantitative estimate of drug-likeness (QED) is 0.798. The van der Waals surface area contributed by atoms with Gasteiger partial charge in [-0.3, -0.25) is 19.5 Å². The van der Waals surface area contributed by atoms with Crippen molar-refractivity contribution in [2.45, 2.75) is 65.3 Å². The van der Waals surface area contributed by atoms with Crippen molar-refractivity contribution in [1.29, 1.82) is 0 Å². The third-order valence-electron chi connectivity index (χ3n) is 6.81. The van der Waals surface area contributed by atoms with Crippen LogP contribution in [0.5, 0.6) is 0 Å². The Hall–Kier alpha value is -2.64. The van der Waals surface area contributed by atoms with Gasteiger partial charge in [0.15, 0.2) is 5.65 Å². The Bertz CT molecular complexity index is 1100. The van der Waals surface area contributed by atoms with E-state index in [1.807, 2.05) is 36.6 Å².